The Kier molecular flexibility index (Phi) is 5.55. The van der Waals surface area contributed by atoms with Crippen LogP contribution in [0.1, 0.15) is 26.2 Å². The van der Waals surface area contributed by atoms with Crippen molar-refractivity contribution >= 4 is 11.9 Å². The molecule has 0 saturated carbocycles. The number of carbonyl (C=O) groups is 2. The summed E-state index contributed by atoms with van der Waals surface area (Å²) in [5.41, 5.74) is 5.49. The largest absolute Gasteiger partial charge is 0.480 e. The lowest BCUT2D eigenvalue weighted by atomic mass is 10.1. The Balaban J connectivity index is 2.56. The number of rotatable bonds is 6. The van der Waals surface area contributed by atoms with Crippen molar-refractivity contribution in [1.82, 2.24) is 4.90 Å². The number of methoxy groups -OCH3 is 1. The molecule has 0 bridgehead atoms. The standard InChI is InChI=1S/C12H22N2O4/c1-8(6-13)3-4-11(15)14-7-9(18-2)5-10(14)12(16)17/h8-10H,3-7,13H2,1-2H3,(H,16,17). The molecule has 18 heavy (non-hydrogen) atoms. The van der Waals surface area contributed by atoms with Crippen LogP contribution < -0.4 is 5.73 Å². The van der Waals surface area contributed by atoms with E-state index in [1.54, 1.807) is 0 Å². The predicted octanol–water partition coefficient (Wildman–Crippen LogP) is 0.0619. The van der Waals surface area contributed by atoms with E-state index in [4.69, 9.17) is 15.6 Å². The van der Waals surface area contributed by atoms with E-state index >= 15 is 0 Å². The molecule has 104 valence electrons. The van der Waals surface area contributed by atoms with Gasteiger partial charge in [-0.15, -0.1) is 0 Å². The molecule has 0 spiro atoms. The van der Waals surface area contributed by atoms with E-state index in [1.165, 1.54) is 12.0 Å². The lowest BCUT2D eigenvalue weighted by Gasteiger charge is -2.21. The van der Waals surface area contributed by atoms with E-state index in [9.17, 15) is 9.59 Å². The number of hydrogen-bond acceptors (Lipinski definition) is 4. The van der Waals surface area contributed by atoms with E-state index in [2.05, 4.69) is 0 Å². The first-order chi connectivity index (χ1) is 8.49. The van der Waals surface area contributed by atoms with Crippen molar-refractivity contribution in [2.75, 3.05) is 20.2 Å². The Morgan fingerprint density at radius 3 is 2.72 bits per heavy atom. The van der Waals surface area contributed by atoms with E-state index in [-0.39, 0.29) is 17.9 Å². The number of likely N-dealkylation sites (tertiary alicyclic amines) is 1. The van der Waals surface area contributed by atoms with Crippen LogP contribution in [-0.2, 0) is 14.3 Å². The highest BCUT2D eigenvalue weighted by molar-refractivity contribution is 5.84. The minimum Gasteiger partial charge on any atom is -0.480 e. The summed E-state index contributed by atoms with van der Waals surface area (Å²) in [6.07, 6.45) is 1.22. The average molecular weight is 258 g/mol. The summed E-state index contributed by atoms with van der Waals surface area (Å²) in [4.78, 5) is 24.5. The summed E-state index contributed by atoms with van der Waals surface area (Å²) < 4.78 is 5.14. The van der Waals surface area contributed by atoms with Gasteiger partial charge in [0.2, 0.25) is 5.91 Å². The van der Waals surface area contributed by atoms with Crippen LogP contribution in [0.25, 0.3) is 0 Å². The maximum absolute atomic E-state index is 12.0. The molecule has 1 amide bonds. The van der Waals surface area contributed by atoms with Crippen LogP contribution in [0.15, 0.2) is 0 Å². The fourth-order valence-electron chi connectivity index (χ4n) is 2.11. The Hall–Kier alpha value is -1.14. The van der Waals surface area contributed by atoms with Gasteiger partial charge in [-0.25, -0.2) is 4.79 Å². The second-order valence-electron chi connectivity index (χ2n) is 4.87. The first-order valence-corrected chi connectivity index (χ1v) is 6.24. The molecule has 0 aromatic rings. The molecular weight excluding hydrogens is 236 g/mol. The molecule has 1 heterocycles. The fourth-order valence-corrected chi connectivity index (χ4v) is 2.11. The molecule has 0 aromatic heterocycles. The number of nitrogens with zero attached hydrogens (tertiary/aromatic N) is 1. The molecule has 1 saturated heterocycles. The first kappa shape index (κ1) is 14.9. The van der Waals surface area contributed by atoms with Crippen LogP contribution in [-0.4, -0.2) is 54.2 Å². The van der Waals surface area contributed by atoms with Crippen molar-refractivity contribution in [2.45, 2.75) is 38.3 Å². The molecule has 3 atom stereocenters. The third kappa shape index (κ3) is 3.68. The number of carbonyl (C=O) groups excluding carboxylic acids is 1. The summed E-state index contributed by atoms with van der Waals surface area (Å²) in [5.74, 6) is -0.810. The van der Waals surface area contributed by atoms with Gasteiger partial charge in [0, 0.05) is 26.5 Å². The third-order valence-electron chi connectivity index (χ3n) is 3.45. The van der Waals surface area contributed by atoms with Gasteiger partial charge in [-0.3, -0.25) is 4.79 Å². The number of ether oxygens (including phenoxy) is 1. The van der Waals surface area contributed by atoms with Crippen molar-refractivity contribution in [1.29, 1.82) is 0 Å². The van der Waals surface area contributed by atoms with Crippen LogP contribution in [0.2, 0.25) is 0 Å². The van der Waals surface area contributed by atoms with Crippen molar-refractivity contribution in [2.24, 2.45) is 11.7 Å². The Morgan fingerprint density at radius 1 is 1.56 bits per heavy atom. The van der Waals surface area contributed by atoms with Gasteiger partial charge < -0.3 is 20.5 Å². The van der Waals surface area contributed by atoms with Crippen molar-refractivity contribution < 1.29 is 19.4 Å². The summed E-state index contributed by atoms with van der Waals surface area (Å²) in [6, 6.07) is -0.754. The van der Waals surface area contributed by atoms with Crippen molar-refractivity contribution in [3.8, 4) is 0 Å². The van der Waals surface area contributed by atoms with Gasteiger partial charge in [0.05, 0.1) is 6.10 Å². The normalized spacial score (nSPS) is 25.2. The van der Waals surface area contributed by atoms with E-state index in [0.717, 1.165) is 0 Å². The van der Waals surface area contributed by atoms with Crippen LogP contribution in [0, 0.1) is 5.92 Å². The average Bonchev–Trinajstić information content (AvgIpc) is 2.79. The second kappa shape index (κ2) is 6.70. The van der Waals surface area contributed by atoms with Crippen LogP contribution in [0.3, 0.4) is 0 Å². The molecule has 6 heteroatoms. The number of carboxylic acids is 1. The Bertz CT molecular complexity index is 308. The first-order valence-electron chi connectivity index (χ1n) is 6.24. The monoisotopic (exact) mass is 258 g/mol. The Labute approximate surface area is 107 Å². The highest BCUT2D eigenvalue weighted by Crippen LogP contribution is 2.22. The summed E-state index contributed by atoms with van der Waals surface area (Å²) in [7, 11) is 1.54. The predicted molar refractivity (Wildman–Crippen MR) is 66.0 cm³/mol. The quantitative estimate of drug-likeness (QED) is 0.703. The van der Waals surface area contributed by atoms with Crippen LogP contribution >= 0.6 is 0 Å². The van der Waals surface area contributed by atoms with E-state index < -0.39 is 12.0 Å². The highest BCUT2D eigenvalue weighted by atomic mass is 16.5. The molecule has 1 fully saturated rings. The smallest absolute Gasteiger partial charge is 0.326 e. The molecule has 0 radical (unpaired) electrons. The van der Waals surface area contributed by atoms with Gasteiger partial charge in [0.15, 0.2) is 0 Å². The zero-order chi connectivity index (χ0) is 13.7. The van der Waals surface area contributed by atoms with Gasteiger partial charge in [-0.2, -0.15) is 0 Å². The molecular formula is C12H22N2O4. The minimum absolute atomic E-state index is 0.123. The number of amides is 1. The second-order valence-corrected chi connectivity index (χ2v) is 4.87. The molecule has 1 aliphatic rings. The number of nitrogens with two attached hydrogens (primary N) is 1. The number of carboxylic acid groups (broad SMARTS) is 1. The fraction of sp³-hybridized carbons (Fsp3) is 0.833. The molecule has 3 N–H and O–H groups in total. The van der Waals surface area contributed by atoms with Crippen LogP contribution in [0.4, 0.5) is 0 Å². The minimum atomic E-state index is -0.963. The molecule has 1 rings (SSSR count). The summed E-state index contributed by atoms with van der Waals surface area (Å²) in [5, 5.41) is 9.10. The van der Waals surface area contributed by atoms with Gasteiger partial charge >= 0.3 is 5.97 Å². The van der Waals surface area contributed by atoms with Crippen LogP contribution in [0.5, 0.6) is 0 Å². The lowest BCUT2D eigenvalue weighted by molar-refractivity contribution is -0.148. The number of aliphatic carboxylic acids is 1. The van der Waals surface area contributed by atoms with Gasteiger partial charge in [0.25, 0.3) is 0 Å². The SMILES string of the molecule is COC1CC(C(=O)O)N(C(=O)CCC(C)CN)C1. The highest BCUT2D eigenvalue weighted by Gasteiger charge is 2.39. The zero-order valence-corrected chi connectivity index (χ0v) is 11.0. The van der Waals surface area contributed by atoms with Crippen molar-refractivity contribution in [3.63, 3.8) is 0 Å². The molecule has 0 aliphatic carbocycles. The maximum Gasteiger partial charge on any atom is 0.326 e. The summed E-state index contributed by atoms with van der Waals surface area (Å²) >= 11 is 0. The molecule has 1 aliphatic heterocycles. The Morgan fingerprint density at radius 2 is 2.22 bits per heavy atom. The molecule has 6 nitrogen and oxygen atoms in total. The molecule has 0 aromatic carbocycles. The van der Waals surface area contributed by atoms with Gasteiger partial charge in [0.1, 0.15) is 6.04 Å². The topological polar surface area (TPSA) is 92.9 Å². The number of hydrogen-bond donors (Lipinski definition) is 2. The van der Waals surface area contributed by atoms with Gasteiger partial charge in [-0.05, 0) is 18.9 Å². The van der Waals surface area contributed by atoms with Gasteiger partial charge in [-0.1, -0.05) is 6.92 Å². The lowest BCUT2D eigenvalue weighted by Crippen LogP contribution is -2.40. The molecule has 3 unspecified atom stereocenters. The van der Waals surface area contributed by atoms with E-state index in [1.807, 2.05) is 6.92 Å². The third-order valence-corrected chi connectivity index (χ3v) is 3.45. The maximum atomic E-state index is 12.0. The van der Waals surface area contributed by atoms with Crippen molar-refractivity contribution in [3.05, 3.63) is 0 Å². The zero-order valence-electron chi connectivity index (χ0n) is 11.0. The van der Waals surface area contributed by atoms with E-state index in [0.29, 0.717) is 32.4 Å². The summed E-state index contributed by atoms with van der Waals surface area (Å²) in [6.45, 7) is 2.88.